The minimum absolute atomic E-state index is 0.534. The van der Waals surface area contributed by atoms with Crippen molar-refractivity contribution in [1.29, 1.82) is 5.26 Å². The molecule has 0 atom stereocenters. The lowest BCUT2D eigenvalue weighted by atomic mass is 9.90. The van der Waals surface area contributed by atoms with Gasteiger partial charge >= 0.3 is 0 Å². The van der Waals surface area contributed by atoms with Crippen LogP contribution in [0.3, 0.4) is 0 Å². The lowest BCUT2D eigenvalue weighted by molar-refractivity contribution is 1.34. The highest BCUT2D eigenvalue weighted by molar-refractivity contribution is 6.13. The van der Waals surface area contributed by atoms with Gasteiger partial charge in [0.2, 0.25) is 0 Å². The van der Waals surface area contributed by atoms with E-state index < -0.39 is 0 Å². The van der Waals surface area contributed by atoms with Crippen LogP contribution >= 0.6 is 0 Å². The van der Waals surface area contributed by atoms with Gasteiger partial charge in [-0.3, -0.25) is 0 Å². The Kier molecular flexibility index (Phi) is 10.8. The Morgan fingerprint density at radius 3 is 1.18 bits per heavy atom. The van der Waals surface area contributed by atoms with E-state index >= 15 is 0 Å². The number of fused-ring (bicyclic) bond motifs is 6. The molecular weight excluding hydrogens is 901 g/mol. The summed E-state index contributed by atoms with van der Waals surface area (Å²) in [6.45, 7) is 8.10. The summed E-state index contributed by atoms with van der Waals surface area (Å²) in [5, 5.41) is 14.1. The van der Waals surface area contributed by atoms with E-state index in [-0.39, 0.29) is 0 Å². The number of para-hydroxylation sites is 1. The van der Waals surface area contributed by atoms with Gasteiger partial charge in [-0.2, -0.15) is 5.26 Å². The molecule has 0 aliphatic heterocycles. The number of rotatable bonds is 8. The molecule has 74 heavy (non-hydrogen) atoms. The monoisotopic (exact) mass is 940 g/mol. The van der Waals surface area contributed by atoms with Crippen molar-refractivity contribution in [2.45, 2.75) is 0 Å². The molecule has 0 bridgehead atoms. The molecule has 6 nitrogen and oxygen atoms in total. The highest BCUT2D eigenvalue weighted by atomic mass is 14.8. The van der Waals surface area contributed by atoms with Crippen molar-refractivity contribution < 1.29 is 0 Å². The molecule has 342 valence electrons. The highest BCUT2D eigenvalue weighted by Crippen LogP contribution is 2.44. The Bertz CT molecular complexity index is 4170. The summed E-state index contributed by atoms with van der Waals surface area (Å²) in [4.78, 5) is 25.7. The summed E-state index contributed by atoms with van der Waals surface area (Å²) in [6, 6.07) is 85.0. The van der Waals surface area contributed by atoms with Gasteiger partial charge in [-0.1, -0.05) is 212 Å². The Balaban J connectivity index is 1.01. The van der Waals surface area contributed by atoms with Crippen LogP contribution in [0.1, 0.15) is 5.56 Å². The van der Waals surface area contributed by atoms with Crippen LogP contribution in [-0.2, 0) is 0 Å². The standard InChI is InChI=1S/C68H40N6/c1-70-60-31-17-16-30-57(60)64-41-59(52-27-13-11-24-49(52)44-20-6-3-7-21-44)56-37-33-46-35-39-62(72-66(46)68(56)74-64)54-29-15-14-28-53(54)61-38-34-45-32-36-55-58(51-26-12-10-23-48(51)43-18-4-2-5-19-43)40-63(73-67(55)65(45)71-61)50-25-9-8-22-47(50)42-69/h2-41H. The average molecular weight is 941 g/mol. The Hall–Kier alpha value is -10.4. The van der Waals surface area contributed by atoms with Crippen molar-refractivity contribution in [3.05, 3.63) is 260 Å². The minimum Gasteiger partial charge on any atom is -0.247 e. The van der Waals surface area contributed by atoms with Crippen molar-refractivity contribution >= 4 is 49.3 Å². The van der Waals surface area contributed by atoms with E-state index in [1.807, 2.05) is 72.8 Å². The zero-order chi connectivity index (χ0) is 49.5. The van der Waals surface area contributed by atoms with Crippen molar-refractivity contribution in [2.75, 3.05) is 0 Å². The number of nitriles is 1. The maximum Gasteiger partial charge on any atom is 0.196 e. The fourth-order valence-corrected chi connectivity index (χ4v) is 10.5. The molecule has 9 aromatic carbocycles. The first-order valence-electron chi connectivity index (χ1n) is 24.5. The quantitative estimate of drug-likeness (QED) is 0.112. The highest BCUT2D eigenvalue weighted by Gasteiger charge is 2.21. The van der Waals surface area contributed by atoms with Crippen molar-refractivity contribution in [2.24, 2.45) is 0 Å². The van der Waals surface area contributed by atoms with E-state index in [0.29, 0.717) is 22.6 Å². The Morgan fingerprint density at radius 1 is 0.311 bits per heavy atom. The van der Waals surface area contributed by atoms with Crippen molar-refractivity contribution in [3.63, 3.8) is 0 Å². The molecule has 0 radical (unpaired) electrons. The number of hydrogen-bond acceptors (Lipinski definition) is 5. The molecular formula is C68H40N6. The van der Waals surface area contributed by atoms with Gasteiger partial charge in [0.25, 0.3) is 0 Å². The van der Waals surface area contributed by atoms with Gasteiger partial charge in [-0.05, 0) is 74.8 Å². The van der Waals surface area contributed by atoms with E-state index in [2.05, 4.69) is 181 Å². The molecule has 0 spiro atoms. The first kappa shape index (κ1) is 43.6. The third-order valence-electron chi connectivity index (χ3n) is 14.0. The molecule has 0 saturated carbocycles. The van der Waals surface area contributed by atoms with Crippen LogP contribution in [0, 0.1) is 17.9 Å². The number of pyridine rings is 4. The summed E-state index contributed by atoms with van der Waals surface area (Å²) < 4.78 is 0. The van der Waals surface area contributed by atoms with E-state index in [0.717, 1.165) is 122 Å². The molecule has 0 unspecified atom stereocenters. The van der Waals surface area contributed by atoms with E-state index in [4.69, 9.17) is 26.5 Å². The predicted molar refractivity (Wildman–Crippen MR) is 302 cm³/mol. The van der Waals surface area contributed by atoms with Crippen LogP contribution in [0.4, 0.5) is 5.69 Å². The predicted octanol–water partition coefficient (Wildman–Crippen LogP) is 17.6. The lowest BCUT2D eigenvalue weighted by Gasteiger charge is -2.17. The molecule has 13 rings (SSSR count). The molecule has 0 saturated heterocycles. The van der Waals surface area contributed by atoms with Crippen LogP contribution in [0.2, 0.25) is 0 Å². The third kappa shape index (κ3) is 7.59. The summed E-state index contributed by atoms with van der Waals surface area (Å²) in [6.07, 6.45) is 0. The topological polar surface area (TPSA) is 79.7 Å². The second-order valence-corrected chi connectivity index (χ2v) is 18.2. The summed E-state index contributed by atoms with van der Waals surface area (Å²) in [7, 11) is 0. The van der Waals surface area contributed by atoms with Gasteiger partial charge in [-0.15, -0.1) is 0 Å². The molecule has 4 heterocycles. The molecule has 6 heteroatoms. The third-order valence-corrected chi connectivity index (χ3v) is 14.0. The number of hydrogen-bond donors (Lipinski definition) is 0. The van der Waals surface area contributed by atoms with Crippen molar-refractivity contribution in [1.82, 2.24) is 19.9 Å². The molecule has 0 aliphatic carbocycles. The minimum atomic E-state index is 0.534. The van der Waals surface area contributed by atoms with Crippen LogP contribution < -0.4 is 0 Å². The maximum absolute atomic E-state index is 10.3. The van der Waals surface area contributed by atoms with Gasteiger partial charge in [0.1, 0.15) is 0 Å². The number of aromatic nitrogens is 4. The number of benzene rings is 9. The Labute approximate surface area is 427 Å². The summed E-state index contributed by atoms with van der Waals surface area (Å²) in [5.74, 6) is 0. The van der Waals surface area contributed by atoms with Crippen LogP contribution in [0.5, 0.6) is 0 Å². The van der Waals surface area contributed by atoms with E-state index in [1.165, 1.54) is 0 Å². The molecule has 4 aromatic heterocycles. The molecule has 0 aliphatic rings. The van der Waals surface area contributed by atoms with Gasteiger partial charge < -0.3 is 0 Å². The van der Waals surface area contributed by atoms with E-state index in [9.17, 15) is 5.26 Å². The first-order valence-corrected chi connectivity index (χ1v) is 24.5. The largest absolute Gasteiger partial charge is 0.247 e. The normalized spacial score (nSPS) is 11.2. The fraction of sp³-hybridized carbons (Fsp3) is 0. The summed E-state index contributed by atoms with van der Waals surface area (Å²) >= 11 is 0. The average Bonchev–Trinajstić information content (AvgIpc) is 3.51. The fourth-order valence-electron chi connectivity index (χ4n) is 10.5. The van der Waals surface area contributed by atoms with Crippen LogP contribution in [0.15, 0.2) is 243 Å². The van der Waals surface area contributed by atoms with Gasteiger partial charge in [0.05, 0.1) is 63.0 Å². The smallest absolute Gasteiger partial charge is 0.196 e. The first-order chi connectivity index (χ1) is 36.6. The summed E-state index contributed by atoms with van der Waals surface area (Å²) in [5.41, 5.74) is 18.9. The van der Waals surface area contributed by atoms with Gasteiger partial charge in [0.15, 0.2) is 5.69 Å². The SMILES string of the molecule is [C-]#[N+]c1ccccc1-c1cc(-c2ccccc2-c2ccccc2)c2ccc3ccc(-c4ccccc4-c4ccc5ccc6c(-c7ccccc7-c7ccccc7)cc(-c7ccccc7C#N)nc6c5n4)nc3c2n1. The Morgan fingerprint density at radius 2 is 0.689 bits per heavy atom. The van der Waals surface area contributed by atoms with Gasteiger partial charge in [0, 0.05) is 43.8 Å². The molecule has 0 N–H and O–H groups in total. The van der Waals surface area contributed by atoms with Crippen molar-refractivity contribution in [3.8, 4) is 95.6 Å². The zero-order valence-electron chi connectivity index (χ0n) is 39.8. The maximum atomic E-state index is 10.3. The lowest BCUT2D eigenvalue weighted by Crippen LogP contribution is -1.97. The number of nitrogens with zero attached hydrogens (tertiary/aromatic N) is 6. The molecule has 0 amide bonds. The molecule has 0 fully saturated rings. The zero-order valence-corrected chi connectivity index (χ0v) is 39.8. The van der Waals surface area contributed by atoms with Crippen LogP contribution in [0.25, 0.3) is 138 Å². The van der Waals surface area contributed by atoms with Crippen LogP contribution in [-0.4, -0.2) is 19.9 Å². The van der Waals surface area contributed by atoms with E-state index in [1.54, 1.807) is 0 Å². The second-order valence-electron chi connectivity index (χ2n) is 18.2. The van der Waals surface area contributed by atoms with Gasteiger partial charge in [-0.25, -0.2) is 24.8 Å². The molecule has 13 aromatic rings. The second kappa shape index (κ2) is 18.4.